The summed E-state index contributed by atoms with van der Waals surface area (Å²) in [4.78, 5) is 34.9. The molecule has 480 valence electrons. The van der Waals surface area contributed by atoms with Crippen LogP contribution in [-0.4, -0.2) is 188 Å². The summed E-state index contributed by atoms with van der Waals surface area (Å²) in [5.74, 6) is -2.60. The van der Waals surface area contributed by atoms with Gasteiger partial charge in [-0.05, 0) is 123 Å². The van der Waals surface area contributed by atoms with Crippen molar-refractivity contribution in [3.05, 3.63) is 36.0 Å². The Balaban J connectivity index is 0.765. The third-order valence-electron chi connectivity index (χ3n) is 21.5. The maximum atomic E-state index is 12.5. The zero-order valence-corrected chi connectivity index (χ0v) is 52.4. The maximum absolute atomic E-state index is 12.5. The number of hydrogen-bond acceptors (Lipinski definition) is 17. The Kier molecular flexibility index (Phi) is 19.5. The lowest BCUT2D eigenvalue weighted by Crippen LogP contribution is -2.74. The van der Waals surface area contributed by atoms with Gasteiger partial charge < -0.3 is 77.6 Å². The summed E-state index contributed by atoms with van der Waals surface area (Å²) in [5.41, 5.74) is -2.50. The van der Waals surface area contributed by atoms with Gasteiger partial charge in [0.05, 0.1) is 133 Å². The van der Waals surface area contributed by atoms with Crippen LogP contribution in [0, 0.1) is 29.6 Å². The Hall–Kier alpha value is -2.89. The first kappa shape index (κ1) is 65.1. The van der Waals surface area contributed by atoms with Crippen molar-refractivity contribution < 1.29 is 92.0 Å². The minimum absolute atomic E-state index is 0.0312. The molecule has 10 heterocycles. The highest BCUT2D eigenvalue weighted by Gasteiger charge is 2.65. The molecule has 85 heavy (non-hydrogen) atoms. The summed E-state index contributed by atoms with van der Waals surface area (Å²) in [6.45, 7) is 26.6. The molecule has 28 atom stereocenters. The Morgan fingerprint density at radius 2 is 1.46 bits per heavy atom. The molecular formula is C66H102O19. The highest BCUT2D eigenvalue weighted by atomic mass is 16.7. The monoisotopic (exact) mass is 1200 g/mol. The molecule has 0 aromatic carbocycles. The van der Waals surface area contributed by atoms with Crippen LogP contribution in [0.25, 0.3) is 0 Å². The normalized spacial score (nSPS) is 48.0. The zero-order valence-electron chi connectivity index (χ0n) is 52.4. The lowest BCUT2D eigenvalue weighted by atomic mass is 9.72. The number of aliphatic hydroxyl groups excluding tert-OH is 2. The number of aliphatic hydroxyl groups is 3. The number of hydrogen-bond donors (Lipinski definition) is 5. The van der Waals surface area contributed by atoms with Gasteiger partial charge in [0.15, 0.2) is 0 Å². The summed E-state index contributed by atoms with van der Waals surface area (Å²) < 4.78 is 75.7. The second-order valence-electron chi connectivity index (χ2n) is 29.4. The topological polar surface area (TPSA) is 254 Å². The molecule has 10 aliphatic heterocycles. The number of rotatable bonds is 16. The van der Waals surface area contributed by atoms with Crippen molar-refractivity contribution in [2.75, 3.05) is 6.61 Å². The van der Waals surface area contributed by atoms with E-state index in [1.165, 1.54) is 0 Å². The molecule has 5 N–H and O–H groups in total. The molecule has 10 aliphatic rings. The molecule has 0 unspecified atom stereocenters. The maximum Gasteiger partial charge on any atom is 0.306 e. The summed E-state index contributed by atoms with van der Waals surface area (Å²) in [6, 6.07) is 0. The molecule has 0 saturated carbocycles. The first-order valence-electron chi connectivity index (χ1n) is 32.3. The van der Waals surface area contributed by atoms with E-state index in [0.717, 1.165) is 17.6 Å². The minimum atomic E-state index is -1.21. The molecule has 0 aromatic rings. The van der Waals surface area contributed by atoms with Crippen LogP contribution >= 0.6 is 0 Å². The van der Waals surface area contributed by atoms with Crippen molar-refractivity contribution in [1.29, 1.82) is 0 Å². The van der Waals surface area contributed by atoms with Gasteiger partial charge in [0, 0.05) is 56.8 Å². The molecule has 9 saturated heterocycles. The molecule has 0 amide bonds. The fourth-order valence-electron chi connectivity index (χ4n) is 16.9. The van der Waals surface area contributed by atoms with Gasteiger partial charge >= 0.3 is 17.9 Å². The molecule has 19 nitrogen and oxygen atoms in total. The summed E-state index contributed by atoms with van der Waals surface area (Å²) in [7, 11) is 0. The van der Waals surface area contributed by atoms with E-state index in [1.807, 2.05) is 27.7 Å². The summed E-state index contributed by atoms with van der Waals surface area (Å²) in [6.07, 6.45) is 6.26. The molecule has 0 aliphatic carbocycles. The fourth-order valence-corrected chi connectivity index (χ4v) is 16.9. The van der Waals surface area contributed by atoms with Crippen LogP contribution < -0.4 is 0 Å². The SMILES string of the molecule is C=C1C[C@H]2O[C@@H]3[C@@H](C[C@]2(C)O[C@@H]1C/C(C)=C/[C@H](C)COC(=O)C[C@H](C)CC(=O)O)O[C@H]1C[C@H]2O[C@H]4CC[C@H]5O[C@H]6C[C@H]7O[C@@H](C[C@H](O)C[C@H]8C[C@H](C)[C@H]([C@H](C)CC(=O)O)O8)[C@@](C)(O)CC[C@@H]7O[C@]6(C)C[C@]5(C)O[C@@H]4C/C=C\[C@H](C)[C@@H]2O[C@]1(C)[C@H]3O. The summed E-state index contributed by atoms with van der Waals surface area (Å²) >= 11 is 0. The Morgan fingerprint density at radius 3 is 2.20 bits per heavy atom. The van der Waals surface area contributed by atoms with Crippen molar-refractivity contribution in [2.24, 2.45) is 29.6 Å². The molecule has 9 fully saturated rings. The van der Waals surface area contributed by atoms with Crippen LogP contribution in [0.5, 0.6) is 0 Å². The van der Waals surface area contributed by atoms with Gasteiger partial charge in [-0.1, -0.05) is 65.0 Å². The van der Waals surface area contributed by atoms with E-state index in [2.05, 4.69) is 59.4 Å². The number of fused-ring (bicyclic) bond motifs is 8. The second kappa shape index (κ2) is 25.4. The van der Waals surface area contributed by atoms with Gasteiger partial charge in [0.25, 0.3) is 0 Å². The van der Waals surface area contributed by atoms with E-state index >= 15 is 0 Å². The van der Waals surface area contributed by atoms with Crippen LogP contribution in [0.2, 0.25) is 0 Å². The Bertz CT molecular complexity index is 2470. The smallest absolute Gasteiger partial charge is 0.306 e. The highest BCUT2D eigenvalue weighted by Crippen LogP contribution is 2.54. The molecule has 0 aromatic heterocycles. The van der Waals surface area contributed by atoms with Crippen LogP contribution in [0.15, 0.2) is 36.0 Å². The van der Waals surface area contributed by atoms with Crippen molar-refractivity contribution in [2.45, 2.75) is 323 Å². The Labute approximate surface area is 503 Å². The average molecular weight is 1200 g/mol. The number of carbonyl (C=O) groups is 3. The number of carboxylic acids is 2. The Morgan fingerprint density at radius 1 is 0.741 bits per heavy atom. The third-order valence-corrected chi connectivity index (χ3v) is 21.5. The molecule has 19 heteroatoms. The van der Waals surface area contributed by atoms with Crippen LogP contribution in [-0.2, 0) is 66.5 Å². The molecule has 10 rings (SSSR count). The summed E-state index contributed by atoms with van der Waals surface area (Å²) in [5, 5.41) is 54.4. The van der Waals surface area contributed by atoms with Crippen LogP contribution in [0.4, 0.5) is 0 Å². The predicted molar refractivity (Wildman–Crippen MR) is 310 cm³/mol. The number of ether oxygens (including phenoxy) is 11. The predicted octanol–water partition coefficient (Wildman–Crippen LogP) is 8.28. The van der Waals surface area contributed by atoms with E-state index in [9.17, 15) is 34.8 Å². The lowest BCUT2D eigenvalue weighted by Gasteiger charge is -2.61. The third kappa shape index (κ3) is 14.0. The average Bonchev–Trinajstić information content (AvgIpc) is 1.94. The quantitative estimate of drug-likeness (QED) is 0.0720. The van der Waals surface area contributed by atoms with E-state index in [0.29, 0.717) is 77.0 Å². The highest BCUT2D eigenvalue weighted by molar-refractivity contribution is 5.72. The van der Waals surface area contributed by atoms with Gasteiger partial charge in [0.1, 0.15) is 17.8 Å². The lowest BCUT2D eigenvalue weighted by molar-refractivity contribution is -0.369. The van der Waals surface area contributed by atoms with E-state index < -0.39 is 88.6 Å². The number of carboxylic acid groups (broad SMARTS) is 2. The van der Waals surface area contributed by atoms with E-state index in [1.54, 1.807) is 13.8 Å². The number of aliphatic carboxylic acids is 2. The van der Waals surface area contributed by atoms with Crippen LogP contribution in [0.1, 0.15) is 185 Å². The van der Waals surface area contributed by atoms with Crippen molar-refractivity contribution in [3.8, 4) is 0 Å². The largest absolute Gasteiger partial charge is 0.481 e. The first-order valence-corrected chi connectivity index (χ1v) is 32.3. The number of esters is 1. The van der Waals surface area contributed by atoms with Gasteiger partial charge in [-0.15, -0.1) is 0 Å². The number of carbonyl (C=O) groups excluding carboxylic acids is 1. The van der Waals surface area contributed by atoms with Crippen molar-refractivity contribution in [1.82, 2.24) is 0 Å². The standard InChI is InChI=1S/C66H102O19/c1-34(20-36(3)32-75-57(72)23-35(2)22-55(68)69)21-46-38(5)25-52-63(9,84-46)31-49-60(81-52)61(73)66(12)54(79-49)30-48-59(85-66)37(4)14-13-15-44-43(77-48)16-17-50-64(10,82-44)33-65(11)53(80-50)29-47-45(83-65)18-19-62(8,74)51(78-47)28-41(67)27-42-24-39(6)58(76-42)40(7)26-56(70)71/h13-14,20,35-37,39-54,58-61,67,73-74H,5,15-19,21-33H2,1-4,6-12H3,(H,68,69)(H,70,71)/b14-13-,34-20+/t35-,36+,37+,39+,40-,41-,42-,43+,44-,45+,46-,47-,48-,49-,50-,51+,52-,53+,54+,58-,59+,60-,61+,62+,63+,64+,65-,66+/m1/s1. The van der Waals surface area contributed by atoms with Crippen molar-refractivity contribution >= 4 is 17.9 Å². The molecule has 0 spiro atoms. The van der Waals surface area contributed by atoms with Crippen molar-refractivity contribution in [3.63, 3.8) is 0 Å². The van der Waals surface area contributed by atoms with Gasteiger partial charge in [-0.25, -0.2) is 0 Å². The van der Waals surface area contributed by atoms with Crippen LogP contribution in [0.3, 0.4) is 0 Å². The fraction of sp³-hybridized carbons (Fsp3) is 0.864. The van der Waals surface area contributed by atoms with Gasteiger partial charge in [-0.3, -0.25) is 14.4 Å². The van der Waals surface area contributed by atoms with Gasteiger partial charge in [-0.2, -0.15) is 0 Å². The second-order valence-corrected chi connectivity index (χ2v) is 29.4. The zero-order chi connectivity index (χ0) is 61.3. The van der Waals surface area contributed by atoms with E-state index in [4.69, 9.17) is 57.2 Å². The molecular weight excluding hydrogens is 1100 g/mol. The first-order chi connectivity index (χ1) is 39.9. The molecule has 0 bridgehead atoms. The van der Waals surface area contributed by atoms with E-state index in [-0.39, 0.29) is 129 Å². The molecule has 0 radical (unpaired) electrons. The van der Waals surface area contributed by atoms with Gasteiger partial charge in [0.2, 0.25) is 0 Å². The minimum Gasteiger partial charge on any atom is -0.481 e.